The SMILES string of the molecule is CCNC(=O)C(C)(C)CN=C(NCC)NCC(O)c1cc(Cl)cc(Cl)c1. The van der Waals surface area contributed by atoms with E-state index in [1.54, 1.807) is 18.2 Å². The summed E-state index contributed by atoms with van der Waals surface area (Å²) < 4.78 is 0. The Bertz CT molecular complexity index is 615. The van der Waals surface area contributed by atoms with Crippen molar-refractivity contribution in [1.29, 1.82) is 0 Å². The minimum atomic E-state index is -0.800. The maximum absolute atomic E-state index is 12.1. The molecule has 0 aliphatic carbocycles. The molecule has 0 saturated carbocycles. The van der Waals surface area contributed by atoms with Crippen LogP contribution in [0.3, 0.4) is 0 Å². The van der Waals surface area contributed by atoms with E-state index in [-0.39, 0.29) is 12.5 Å². The summed E-state index contributed by atoms with van der Waals surface area (Å²) in [6.07, 6.45) is -0.800. The van der Waals surface area contributed by atoms with Crippen molar-refractivity contribution in [1.82, 2.24) is 16.0 Å². The molecule has 0 fully saturated rings. The number of aliphatic hydroxyl groups excluding tert-OH is 1. The van der Waals surface area contributed by atoms with Crippen LogP contribution in [0.5, 0.6) is 0 Å². The van der Waals surface area contributed by atoms with Crippen molar-refractivity contribution in [3.8, 4) is 0 Å². The van der Waals surface area contributed by atoms with Gasteiger partial charge in [0.15, 0.2) is 5.96 Å². The zero-order valence-corrected chi connectivity index (χ0v) is 17.2. The molecule has 8 heteroatoms. The van der Waals surface area contributed by atoms with Gasteiger partial charge in [0.25, 0.3) is 0 Å². The van der Waals surface area contributed by atoms with E-state index < -0.39 is 11.5 Å². The van der Waals surface area contributed by atoms with Gasteiger partial charge in [-0.2, -0.15) is 0 Å². The Hall–Kier alpha value is -1.50. The molecule has 1 aromatic carbocycles. The number of carbonyl (C=O) groups is 1. The fourth-order valence-corrected chi connectivity index (χ4v) is 2.71. The molecule has 0 heterocycles. The monoisotopic (exact) mass is 402 g/mol. The van der Waals surface area contributed by atoms with Crippen molar-refractivity contribution in [2.24, 2.45) is 10.4 Å². The standard InChI is InChI=1S/C18H28Cl2N4O2/c1-5-21-16(26)18(3,4)11-24-17(22-6-2)23-10-15(25)12-7-13(19)9-14(20)8-12/h7-9,15,25H,5-6,10-11H2,1-4H3,(H,21,26)(H2,22,23,24). The summed E-state index contributed by atoms with van der Waals surface area (Å²) in [5.74, 6) is 0.477. The van der Waals surface area contributed by atoms with Gasteiger partial charge in [0.2, 0.25) is 5.91 Å². The molecule has 1 rings (SSSR count). The molecule has 146 valence electrons. The third-order valence-corrected chi connectivity index (χ3v) is 4.10. The van der Waals surface area contributed by atoms with Gasteiger partial charge >= 0.3 is 0 Å². The molecule has 0 aliphatic heterocycles. The summed E-state index contributed by atoms with van der Waals surface area (Å²) in [7, 11) is 0. The molecule has 1 unspecified atom stereocenters. The van der Waals surface area contributed by atoms with E-state index >= 15 is 0 Å². The van der Waals surface area contributed by atoms with Gasteiger partial charge < -0.3 is 21.1 Å². The molecule has 1 aromatic rings. The predicted molar refractivity (Wildman–Crippen MR) is 108 cm³/mol. The molecule has 0 spiro atoms. The van der Waals surface area contributed by atoms with Gasteiger partial charge in [0.05, 0.1) is 18.1 Å². The average Bonchev–Trinajstić information content (AvgIpc) is 2.56. The van der Waals surface area contributed by atoms with Crippen LogP contribution in [-0.4, -0.2) is 43.2 Å². The second kappa shape index (κ2) is 10.6. The van der Waals surface area contributed by atoms with Crippen LogP contribution in [0, 0.1) is 5.41 Å². The fraction of sp³-hybridized carbons (Fsp3) is 0.556. The van der Waals surface area contributed by atoms with Gasteiger partial charge in [0.1, 0.15) is 0 Å². The zero-order valence-electron chi connectivity index (χ0n) is 15.7. The number of nitrogens with one attached hydrogen (secondary N) is 3. The zero-order chi connectivity index (χ0) is 19.7. The van der Waals surface area contributed by atoms with Crippen LogP contribution in [0.15, 0.2) is 23.2 Å². The van der Waals surface area contributed by atoms with Crippen molar-refractivity contribution >= 4 is 35.1 Å². The lowest BCUT2D eigenvalue weighted by Crippen LogP contribution is -2.42. The van der Waals surface area contributed by atoms with Crippen molar-refractivity contribution in [3.05, 3.63) is 33.8 Å². The van der Waals surface area contributed by atoms with Gasteiger partial charge in [-0.05, 0) is 51.5 Å². The molecule has 1 atom stereocenters. The van der Waals surface area contributed by atoms with Gasteiger partial charge in [-0.25, -0.2) is 0 Å². The highest BCUT2D eigenvalue weighted by atomic mass is 35.5. The van der Waals surface area contributed by atoms with Gasteiger partial charge in [-0.1, -0.05) is 23.2 Å². The summed E-state index contributed by atoms with van der Waals surface area (Å²) in [6.45, 7) is 9.29. The van der Waals surface area contributed by atoms with E-state index in [0.29, 0.717) is 41.2 Å². The highest BCUT2D eigenvalue weighted by molar-refractivity contribution is 6.34. The maximum Gasteiger partial charge on any atom is 0.227 e. The highest BCUT2D eigenvalue weighted by Crippen LogP contribution is 2.23. The Kier molecular flexibility index (Phi) is 9.19. The Balaban J connectivity index is 2.73. The van der Waals surface area contributed by atoms with Crippen LogP contribution in [0.1, 0.15) is 39.4 Å². The van der Waals surface area contributed by atoms with Crippen LogP contribution >= 0.6 is 23.2 Å². The Morgan fingerprint density at radius 3 is 2.23 bits per heavy atom. The van der Waals surface area contributed by atoms with Crippen LogP contribution < -0.4 is 16.0 Å². The number of hydrogen-bond donors (Lipinski definition) is 4. The first kappa shape index (κ1) is 22.5. The van der Waals surface area contributed by atoms with Crippen LogP contribution in [0.25, 0.3) is 0 Å². The number of halogens is 2. The number of carbonyl (C=O) groups excluding carboxylic acids is 1. The summed E-state index contributed by atoms with van der Waals surface area (Å²) in [5.41, 5.74) is -0.00854. The van der Waals surface area contributed by atoms with E-state index in [1.165, 1.54) is 0 Å². The number of benzene rings is 1. The quantitative estimate of drug-likeness (QED) is 0.397. The first-order valence-corrected chi connectivity index (χ1v) is 9.39. The predicted octanol–water partition coefficient (Wildman–Crippen LogP) is 2.74. The molecular weight excluding hydrogens is 375 g/mol. The fourth-order valence-electron chi connectivity index (χ4n) is 2.17. The Labute approximate surface area is 165 Å². The molecule has 0 aromatic heterocycles. The number of guanidine groups is 1. The summed E-state index contributed by atoms with van der Waals surface area (Å²) in [5, 5.41) is 20.3. The van der Waals surface area contributed by atoms with Crippen LogP contribution in [0.2, 0.25) is 10.0 Å². The largest absolute Gasteiger partial charge is 0.387 e. The van der Waals surface area contributed by atoms with Crippen LogP contribution in [-0.2, 0) is 4.79 Å². The smallest absolute Gasteiger partial charge is 0.227 e. The molecule has 0 radical (unpaired) electrons. The third-order valence-electron chi connectivity index (χ3n) is 3.66. The molecule has 4 N–H and O–H groups in total. The van der Waals surface area contributed by atoms with E-state index in [4.69, 9.17) is 23.2 Å². The lowest BCUT2D eigenvalue weighted by Gasteiger charge is -2.22. The van der Waals surface area contributed by atoms with E-state index in [9.17, 15) is 9.90 Å². The minimum Gasteiger partial charge on any atom is -0.387 e. The molecule has 6 nitrogen and oxygen atoms in total. The van der Waals surface area contributed by atoms with Gasteiger partial charge in [-0.15, -0.1) is 0 Å². The van der Waals surface area contributed by atoms with Gasteiger partial charge in [0, 0.05) is 29.7 Å². The average molecular weight is 403 g/mol. The van der Waals surface area contributed by atoms with E-state index in [1.807, 2.05) is 27.7 Å². The molecular formula is C18H28Cl2N4O2. The second-order valence-corrected chi connectivity index (χ2v) is 7.41. The normalized spacial score (nSPS) is 13.3. The Morgan fingerprint density at radius 2 is 1.69 bits per heavy atom. The lowest BCUT2D eigenvalue weighted by molar-refractivity contribution is -0.128. The Morgan fingerprint density at radius 1 is 1.12 bits per heavy atom. The molecule has 0 saturated heterocycles. The van der Waals surface area contributed by atoms with Crippen molar-refractivity contribution in [2.75, 3.05) is 26.2 Å². The number of nitrogens with zero attached hydrogens (tertiary/aromatic N) is 1. The number of hydrogen-bond acceptors (Lipinski definition) is 3. The van der Waals surface area contributed by atoms with Gasteiger partial charge in [-0.3, -0.25) is 9.79 Å². The van der Waals surface area contributed by atoms with E-state index in [2.05, 4.69) is 20.9 Å². The topological polar surface area (TPSA) is 85.8 Å². The minimum absolute atomic E-state index is 0.0480. The number of rotatable bonds is 8. The highest BCUT2D eigenvalue weighted by Gasteiger charge is 2.26. The molecule has 1 amide bonds. The number of aliphatic imine (C=N–C) groups is 1. The van der Waals surface area contributed by atoms with Crippen molar-refractivity contribution < 1.29 is 9.90 Å². The van der Waals surface area contributed by atoms with E-state index in [0.717, 1.165) is 0 Å². The first-order valence-electron chi connectivity index (χ1n) is 8.64. The molecule has 0 aliphatic rings. The molecule has 26 heavy (non-hydrogen) atoms. The lowest BCUT2D eigenvalue weighted by atomic mass is 9.92. The summed E-state index contributed by atoms with van der Waals surface area (Å²) in [6, 6.07) is 4.95. The van der Waals surface area contributed by atoms with Crippen LogP contribution in [0.4, 0.5) is 0 Å². The van der Waals surface area contributed by atoms with Crippen molar-refractivity contribution in [2.45, 2.75) is 33.8 Å². The summed E-state index contributed by atoms with van der Waals surface area (Å²) >= 11 is 11.9. The van der Waals surface area contributed by atoms with Crippen molar-refractivity contribution in [3.63, 3.8) is 0 Å². The third kappa shape index (κ3) is 7.40. The molecule has 0 bridgehead atoms. The maximum atomic E-state index is 12.1. The number of aliphatic hydroxyl groups is 1. The summed E-state index contributed by atoms with van der Waals surface area (Å²) in [4.78, 5) is 16.5. The number of amides is 1. The first-order chi connectivity index (χ1) is 12.2. The second-order valence-electron chi connectivity index (χ2n) is 6.54.